The van der Waals surface area contributed by atoms with Gasteiger partial charge in [0.05, 0.1) is 12.8 Å². The fourth-order valence-electron chi connectivity index (χ4n) is 3.14. The molecule has 0 bridgehead atoms. The number of nitrogens with zero attached hydrogens (tertiary/aromatic N) is 2. The predicted octanol–water partition coefficient (Wildman–Crippen LogP) is 2.98. The van der Waals surface area contributed by atoms with E-state index in [9.17, 15) is 0 Å². The maximum absolute atomic E-state index is 6.12. The number of fused-ring (bicyclic) bond motifs is 1. The second kappa shape index (κ2) is 5.35. The molecule has 4 nitrogen and oxygen atoms in total. The van der Waals surface area contributed by atoms with Crippen molar-refractivity contribution in [2.45, 2.75) is 27.2 Å². The number of nitrogens with two attached hydrogens (primary N) is 1. The highest BCUT2D eigenvalue weighted by Crippen LogP contribution is 2.45. The molecule has 4 heteroatoms. The fraction of sp³-hybridized carbons (Fsp3) is 0.412. The molecule has 1 aromatic carbocycles. The van der Waals surface area contributed by atoms with Gasteiger partial charge in [-0.05, 0) is 48.7 Å². The molecule has 2 N–H and O–H groups in total. The lowest BCUT2D eigenvalue weighted by Gasteiger charge is -2.35. The van der Waals surface area contributed by atoms with Crippen molar-refractivity contribution in [1.29, 1.82) is 0 Å². The van der Waals surface area contributed by atoms with Gasteiger partial charge in [0.25, 0.3) is 0 Å². The Bertz CT molecular complexity index is 654. The first-order valence-corrected chi connectivity index (χ1v) is 6.98. The Morgan fingerprint density at radius 3 is 2.57 bits per heavy atom. The molecule has 0 atom stereocenters. The van der Waals surface area contributed by atoms with Gasteiger partial charge in [0.2, 0.25) is 0 Å². The molecule has 0 saturated carbocycles. The highest BCUT2D eigenvalue weighted by Gasteiger charge is 2.36. The van der Waals surface area contributed by atoms with Crippen molar-refractivity contribution in [3.05, 3.63) is 34.4 Å². The molecular weight excluding hydrogens is 262 g/mol. The van der Waals surface area contributed by atoms with Crippen LogP contribution in [-0.4, -0.2) is 26.7 Å². The highest BCUT2D eigenvalue weighted by molar-refractivity contribution is 6.06. The number of rotatable bonds is 3. The number of ether oxygens (including phenoxy) is 1. The fourth-order valence-corrected chi connectivity index (χ4v) is 3.14. The van der Waals surface area contributed by atoms with Crippen LogP contribution in [0.15, 0.2) is 27.7 Å². The van der Waals surface area contributed by atoms with Gasteiger partial charge in [-0.1, -0.05) is 13.8 Å². The second-order valence-corrected chi connectivity index (χ2v) is 5.97. The van der Waals surface area contributed by atoms with Crippen LogP contribution < -0.4 is 10.5 Å². The van der Waals surface area contributed by atoms with Gasteiger partial charge in [-0.3, -0.25) is 9.98 Å². The van der Waals surface area contributed by atoms with Crippen molar-refractivity contribution in [1.82, 2.24) is 0 Å². The van der Waals surface area contributed by atoms with Gasteiger partial charge in [-0.25, -0.2) is 0 Å². The Morgan fingerprint density at radius 2 is 2.05 bits per heavy atom. The van der Waals surface area contributed by atoms with Crippen LogP contribution >= 0.6 is 0 Å². The quantitative estimate of drug-likeness (QED) is 0.685. The van der Waals surface area contributed by atoms with Crippen LogP contribution in [0.25, 0.3) is 5.70 Å². The zero-order valence-electron chi connectivity index (χ0n) is 13.4. The maximum Gasteiger partial charge on any atom is 0.123 e. The second-order valence-electron chi connectivity index (χ2n) is 5.97. The molecule has 21 heavy (non-hydrogen) atoms. The van der Waals surface area contributed by atoms with Crippen molar-refractivity contribution in [3.63, 3.8) is 0 Å². The van der Waals surface area contributed by atoms with Crippen LogP contribution in [0.2, 0.25) is 0 Å². The Morgan fingerprint density at radius 1 is 1.38 bits per heavy atom. The summed E-state index contributed by atoms with van der Waals surface area (Å²) in [5.74, 6) is 1.43. The highest BCUT2D eigenvalue weighted by atomic mass is 16.5. The number of benzene rings is 1. The third-order valence-electron chi connectivity index (χ3n) is 4.21. The topological polar surface area (TPSA) is 60.0 Å². The van der Waals surface area contributed by atoms with E-state index >= 15 is 0 Å². The normalized spacial score (nSPS) is 17.5. The van der Waals surface area contributed by atoms with Crippen LogP contribution in [0.4, 0.5) is 0 Å². The Kier molecular flexibility index (Phi) is 3.90. The van der Waals surface area contributed by atoms with E-state index in [0.717, 1.165) is 34.6 Å². The Balaban J connectivity index is 2.82. The molecule has 1 aliphatic rings. The molecule has 2 rings (SSSR count). The summed E-state index contributed by atoms with van der Waals surface area (Å²) in [6.45, 7) is 10.1. The van der Waals surface area contributed by atoms with E-state index in [0.29, 0.717) is 5.84 Å². The predicted molar refractivity (Wildman–Crippen MR) is 89.2 cm³/mol. The van der Waals surface area contributed by atoms with Gasteiger partial charge in [0, 0.05) is 18.2 Å². The minimum Gasteiger partial charge on any atom is -0.496 e. The summed E-state index contributed by atoms with van der Waals surface area (Å²) in [5.41, 5.74) is 11.2. The van der Waals surface area contributed by atoms with Crippen LogP contribution in [0, 0.1) is 12.3 Å². The van der Waals surface area contributed by atoms with E-state index in [1.807, 2.05) is 12.1 Å². The minimum atomic E-state index is -0.149. The summed E-state index contributed by atoms with van der Waals surface area (Å²) in [7, 11) is 3.40. The lowest BCUT2D eigenvalue weighted by molar-refractivity contribution is 0.407. The SMILES string of the molecule is C=NC1=C(C(N)=NC)C(C)(C)Cc2c1ccc(OC)c2C. The molecule has 0 aliphatic heterocycles. The van der Waals surface area contributed by atoms with Crippen LogP contribution in [-0.2, 0) is 6.42 Å². The molecule has 0 unspecified atom stereocenters. The minimum absolute atomic E-state index is 0.149. The van der Waals surface area contributed by atoms with Crippen molar-refractivity contribution in [2.75, 3.05) is 14.2 Å². The molecule has 0 saturated heterocycles. The van der Waals surface area contributed by atoms with Crippen molar-refractivity contribution in [3.8, 4) is 5.75 Å². The van der Waals surface area contributed by atoms with Crippen LogP contribution in [0.1, 0.15) is 30.5 Å². The molecular formula is C17H23N3O. The standard InChI is InChI=1S/C17H23N3O/c1-10-12-9-17(2,3)14(16(18)20-5)15(19-4)11(12)7-8-13(10)21-6/h7-8H,4,9H2,1-3,5-6H3,(H2,18,20). The third-order valence-corrected chi connectivity index (χ3v) is 4.21. The van der Waals surface area contributed by atoms with E-state index in [1.165, 1.54) is 5.56 Å². The van der Waals surface area contributed by atoms with Gasteiger partial charge >= 0.3 is 0 Å². The van der Waals surface area contributed by atoms with Gasteiger partial charge in [-0.2, -0.15) is 0 Å². The van der Waals surface area contributed by atoms with Crippen LogP contribution in [0.5, 0.6) is 5.75 Å². The van der Waals surface area contributed by atoms with Crippen molar-refractivity contribution in [2.24, 2.45) is 21.1 Å². The summed E-state index contributed by atoms with van der Waals surface area (Å²) in [4.78, 5) is 8.42. The molecule has 1 aliphatic carbocycles. The molecule has 0 spiro atoms. The molecule has 0 amide bonds. The van der Waals surface area contributed by atoms with Gasteiger partial charge < -0.3 is 10.5 Å². The smallest absolute Gasteiger partial charge is 0.123 e. The zero-order valence-corrected chi connectivity index (χ0v) is 13.4. The summed E-state index contributed by atoms with van der Waals surface area (Å²) >= 11 is 0. The van der Waals surface area contributed by atoms with Crippen molar-refractivity contribution < 1.29 is 4.74 Å². The van der Waals surface area contributed by atoms with E-state index in [4.69, 9.17) is 10.5 Å². The molecule has 0 heterocycles. The number of hydrogen-bond donors (Lipinski definition) is 1. The van der Waals surface area contributed by atoms with Gasteiger partial charge in [0.15, 0.2) is 0 Å². The number of amidine groups is 1. The number of aliphatic imine (C=N–C) groups is 2. The Labute approximate surface area is 126 Å². The lowest BCUT2D eigenvalue weighted by Crippen LogP contribution is -2.33. The first kappa shape index (κ1) is 15.3. The van der Waals surface area contributed by atoms with E-state index < -0.39 is 0 Å². The first-order valence-electron chi connectivity index (χ1n) is 6.98. The Hall–Kier alpha value is -2.10. The average Bonchev–Trinajstić information content (AvgIpc) is 2.45. The summed E-state index contributed by atoms with van der Waals surface area (Å²) in [6.07, 6.45) is 0.871. The van der Waals surface area contributed by atoms with Gasteiger partial charge in [0.1, 0.15) is 11.6 Å². The monoisotopic (exact) mass is 285 g/mol. The summed E-state index contributed by atoms with van der Waals surface area (Å²) in [5, 5.41) is 0. The van der Waals surface area contributed by atoms with E-state index in [1.54, 1.807) is 14.2 Å². The molecule has 1 aromatic rings. The summed E-state index contributed by atoms with van der Waals surface area (Å²) < 4.78 is 5.43. The van der Waals surface area contributed by atoms with Crippen LogP contribution in [0.3, 0.4) is 0 Å². The maximum atomic E-state index is 6.12. The van der Waals surface area contributed by atoms with Crippen molar-refractivity contribution >= 4 is 18.3 Å². The number of methoxy groups -OCH3 is 1. The number of hydrogen-bond acceptors (Lipinski definition) is 3. The largest absolute Gasteiger partial charge is 0.496 e. The third kappa shape index (κ3) is 2.35. The molecule has 112 valence electrons. The van der Waals surface area contributed by atoms with E-state index in [2.05, 4.69) is 37.5 Å². The van der Waals surface area contributed by atoms with E-state index in [-0.39, 0.29) is 5.41 Å². The van der Waals surface area contributed by atoms with Gasteiger partial charge in [-0.15, -0.1) is 0 Å². The first-order chi connectivity index (χ1) is 9.87. The lowest BCUT2D eigenvalue weighted by atomic mass is 9.70. The summed E-state index contributed by atoms with van der Waals surface area (Å²) in [6, 6.07) is 4.00. The molecule has 0 aromatic heterocycles. The molecule has 0 fully saturated rings. The molecule has 0 radical (unpaired) electrons. The zero-order chi connectivity index (χ0) is 15.8. The average molecular weight is 285 g/mol.